The molecule has 0 bridgehead atoms. The average molecular weight is 405 g/mol. The first kappa shape index (κ1) is 18.9. The summed E-state index contributed by atoms with van der Waals surface area (Å²) < 4.78 is 7.56. The molecule has 1 amide bonds. The summed E-state index contributed by atoms with van der Waals surface area (Å²) >= 11 is 1.26. The van der Waals surface area contributed by atoms with Crippen LogP contribution in [-0.2, 0) is 4.79 Å². The van der Waals surface area contributed by atoms with Crippen molar-refractivity contribution in [3.8, 4) is 11.5 Å². The topological polar surface area (TPSA) is 81.4 Å². The molecule has 8 heteroatoms. The first-order chi connectivity index (χ1) is 14.1. The molecule has 1 N–H and O–H groups in total. The molecule has 7 nitrogen and oxygen atoms in total. The highest BCUT2D eigenvalue weighted by molar-refractivity contribution is 7.99. The molecule has 0 unspecified atom stereocenters. The zero-order valence-electron chi connectivity index (χ0n) is 16.0. The van der Waals surface area contributed by atoms with Gasteiger partial charge in [-0.05, 0) is 44.2 Å². The van der Waals surface area contributed by atoms with Crippen molar-refractivity contribution < 1.29 is 9.53 Å². The van der Waals surface area contributed by atoms with E-state index in [2.05, 4.69) is 20.4 Å². The zero-order valence-corrected chi connectivity index (χ0v) is 16.8. The minimum Gasteiger partial charge on any atom is -0.455 e. The number of para-hydroxylation sites is 3. The van der Waals surface area contributed by atoms with Gasteiger partial charge in [0.2, 0.25) is 11.1 Å². The Labute approximate surface area is 172 Å². The van der Waals surface area contributed by atoms with E-state index in [9.17, 15) is 4.79 Å². The summed E-state index contributed by atoms with van der Waals surface area (Å²) in [6, 6.07) is 18.7. The Balaban J connectivity index is 1.42. The maximum Gasteiger partial charge on any atom is 0.253 e. The van der Waals surface area contributed by atoms with Gasteiger partial charge in [0.05, 0.1) is 11.4 Å². The van der Waals surface area contributed by atoms with Crippen molar-refractivity contribution in [1.29, 1.82) is 0 Å². The number of hydrogen-bond donors (Lipinski definition) is 1. The van der Waals surface area contributed by atoms with E-state index in [-0.39, 0.29) is 11.7 Å². The number of aromatic nitrogens is 4. The largest absolute Gasteiger partial charge is 0.455 e. The van der Waals surface area contributed by atoms with E-state index in [1.54, 1.807) is 10.6 Å². The number of carbonyl (C=O) groups is 1. The summed E-state index contributed by atoms with van der Waals surface area (Å²) in [7, 11) is 0. The molecule has 2 aromatic carbocycles. The molecule has 2 aromatic heterocycles. The van der Waals surface area contributed by atoms with E-state index in [0.717, 1.165) is 11.4 Å². The monoisotopic (exact) mass is 405 g/mol. The number of nitrogens with one attached hydrogen (secondary N) is 1. The number of fused-ring (bicyclic) bond motifs is 1. The van der Waals surface area contributed by atoms with E-state index in [0.29, 0.717) is 28.1 Å². The summed E-state index contributed by atoms with van der Waals surface area (Å²) in [6.07, 6.45) is 0. The molecule has 146 valence electrons. The van der Waals surface area contributed by atoms with Crippen LogP contribution in [0.4, 0.5) is 5.69 Å². The van der Waals surface area contributed by atoms with Crippen LogP contribution in [0.2, 0.25) is 0 Å². The van der Waals surface area contributed by atoms with Gasteiger partial charge < -0.3 is 10.1 Å². The third kappa shape index (κ3) is 4.55. The molecule has 0 aliphatic heterocycles. The Kier molecular flexibility index (Phi) is 5.44. The van der Waals surface area contributed by atoms with Crippen LogP contribution in [0.1, 0.15) is 11.4 Å². The molecule has 0 fully saturated rings. The van der Waals surface area contributed by atoms with E-state index < -0.39 is 0 Å². The summed E-state index contributed by atoms with van der Waals surface area (Å²) in [5, 5.41) is 7.81. The Hall–Kier alpha value is -3.39. The van der Waals surface area contributed by atoms with E-state index in [1.807, 2.05) is 68.4 Å². The minimum atomic E-state index is -0.168. The van der Waals surface area contributed by atoms with Crippen LogP contribution < -0.4 is 10.1 Å². The molecular weight excluding hydrogens is 386 g/mol. The second-order valence-corrected chi connectivity index (χ2v) is 7.34. The molecule has 4 rings (SSSR count). The molecule has 0 saturated heterocycles. The van der Waals surface area contributed by atoms with Crippen LogP contribution in [0, 0.1) is 13.8 Å². The SMILES string of the molecule is Cc1cc(C)n2nc(SCC(=O)Nc3ccccc3Oc3ccccc3)nc2n1. The smallest absolute Gasteiger partial charge is 0.253 e. The van der Waals surface area contributed by atoms with Crippen LogP contribution in [0.15, 0.2) is 65.8 Å². The third-order valence-electron chi connectivity index (χ3n) is 4.06. The van der Waals surface area contributed by atoms with Gasteiger partial charge in [0, 0.05) is 11.4 Å². The Morgan fingerprint density at radius 2 is 1.83 bits per heavy atom. The van der Waals surface area contributed by atoms with Gasteiger partial charge in [0.15, 0.2) is 5.75 Å². The summed E-state index contributed by atoms with van der Waals surface area (Å²) in [5.74, 6) is 1.83. The standard InChI is InChI=1S/C21H19N5O2S/c1-14-12-15(2)26-20(22-14)24-21(25-26)29-13-19(27)23-17-10-6-7-11-18(17)28-16-8-4-3-5-9-16/h3-12H,13H2,1-2H3,(H,23,27). The molecule has 29 heavy (non-hydrogen) atoms. The van der Waals surface area contributed by atoms with Crippen molar-refractivity contribution in [3.63, 3.8) is 0 Å². The number of hydrogen-bond acceptors (Lipinski definition) is 6. The van der Waals surface area contributed by atoms with Gasteiger partial charge in [0.1, 0.15) is 5.75 Å². The lowest BCUT2D eigenvalue weighted by atomic mass is 10.3. The van der Waals surface area contributed by atoms with Crippen LogP contribution in [0.25, 0.3) is 5.78 Å². The van der Waals surface area contributed by atoms with Gasteiger partial charge in [-0.15, -0.1) is 5.10 Å². The molecule has 0 radical (unpaired) electrons. The number of carbonyl (C=O) groups excluding carboxylic acids is 1. The molecule has 2 heterocycles. The highest BCUT2D eigenvalue weighted by Gasteiger charge is 2.12. The van der Waals surface area contributed by atoms with E-state index in [4.69, 9.17) is 4.74 Å². The maximum atomic E-state index is 12.5. The number of aryl methyl sites for hydroxylation is 2. The number of ether oxygens (including phenoxy) is 1. The lowest BCUT2D eigenvalue weighted by Gasteiger charge is -2.11. The number of nitrogens with zero attached hydrogens (tertiary/aromatic N) is 4. The first-order valence-corrected chi connectivity index (χ1v) is 10.0. The van der Waals surface area contributed by atoms with E-state index >= 15 is 0 Å². The highest BCUT2D eigenvalue weighted by Crippen LogP contribution is 2.29. The number of thioether (sulfide) groups is 1. The van der Waals surface area contributed by atoms with Crippen LogP contribution in [0.3, 0.4) is 0 Å². The Morgan fingerprint density at radius 3 is 2.66 bits per heavy atom. The van der Waals surface area contributed by atoms with Crippen molar-refractivity contribution in [3.05, 3.63) is 72.1 Å². The molecule has 4 aromatic rings. The second kappa shape index (κ2) is 8.32. The van der Waals surface area contributed by atoms with Gasteiger partial charge in [-0.2, -0.15) is 4.98 Å². The maximum absolute atomic E-state index is 12.5. The van der Waals surface area contributed by atoms with Crippen LogP contribution in [-0.4, -0.2) is 31.2 Å². The normalized spacial score (nSPS) is 10.8. The fraction of sp³-hybridized carbons (Fsp3) is 0.143. The van der Waals surface area contributed by atoms with Gasteiger partial charge in [-0.25, -0.2) is 9.50 Å². The average Bonchev–Trinajstić information content (AvgIpc) is 3.12. The van der Waals surface area contributed by atoms with Gasteiger partial charge >= 0.3 is 0 Å². The summed E-state index contributed by atoms with van der Waals surface area (Å²) in [6.45, 7) is 3.86. The predicted molar refractivity (Wildman–Crippen MR) is 113 cm³/mol. The van der Waals surface area contributed by atoms with Crippen molar-refractivity contribution >= 4 is 29.1 Å². The van der Waals surface area contributed by atoms with Crippen molar-refractivity contribution in [2.24, 2.45) is 0 Å². The van der Waals surface area contributed by atoms with Gasteiger partial charge in [-0.3, -0.25) is 4.79 Å². The molecular formula is C21H19N5O2S. The summed E-state index contributed by atoms with van der Waals surface area (Å²) in [5.41, 5.74) is 2.44. The molecule has 0 aliphatic carbocycles. The summed E-state index contributed by atoms with van der Waals surface area (Å²) in [4.78, 5) is 21.2. The lowest BCUT2D eigenvalue weighted by Crippen LogP contribution is -2.14. The third-order valence-corrected chi connectivity index (χ3v) is 4.90. The minimum absolute atomic E-state index is 0.168. The second-order valence-electron chi connectivity index (χ2n) is 6.39. The number of anilines is 1. The predicted octanol–water partition coefficient (Wildman–Crippen LogP) is 4.26. The van der Waals surface area contributed by atoms with Crippen molar-refractivity contribution in [1.82, 2.24) is 19.6 Å². The quantitative estimate of drug-likeness (QED) is 0.483. The molecule has 0 spiro atoms. The van der Waals surface area contributed by atoms with Gasteiger partial charge in [0.25, 0.3) is 5.78 Å². The zero-order chi connectivity index (χ0) is 20.2. The van der Waals surface area contributed by atoms with Crippen LogP contribution >= 0.6 is 11.8 Å². The number of rotatable bonds is 6. The van der Waals surface area contributed by atoms with Gasteiger partial charge in [-0.1, -0.05) is 42.1 Å². The van der Waals surface area contributed by atoms with E-state index in [1.165, 1.54) is 11.8 Å². The highest BCUT2D eigenvalue weighted by atomic mass is 32.2. The number of benzene rings is 2. The van der Waals surface area contributed by atoms with Crippen molar-refractivity contribution in [2.75, 3.05) is 11.1 Å². The first-order valence-electron chi connectivity index (χ1n) is 9.04. The lowest BCUT2D eigenvalue weighted by molar-refractivity contribution is -0.113. The fourth-order valence-corrected chi connectivity index (χ4v) is 3.42. The Bertz CT molecular complexity index is 1160. The number of amides is 1. The molecule has 0 atom stereocenters. The van der Waals surface area contributed by atoms with Crippen LogP contribution in [0.5, 0.6) is 11.5 Å². The fourth-order valence-electron chi connectivity index (χ4n) is 2.80. The molecule has 0 aliphatic rings. The van der Waals surface area contributed by atoms with Crippen molar-refractivity contribution in [2.45, 2.75) is 19.0 Å². The Morgan fingerprint density at radius 1 is 1.07 bits per heavy atom. The molecule has 0 saturated carbocycles.